The zero-order valence-electron chi connectivity index (χ0n) is 19.8. The van der Waals surface area contributed by atoms with E-state index in [4.69, 9.17) is 14.2 Å². The highest BCUT2D eigenvalue weighted by molar-refractivity contribution is 7.10. The first-order valence-electron chi connectivity index (χ1n) is 11.2. The molecule has 7 nitrogen and oxygen atoms in total. The summed E-state index contributed by atoms with van der Waals surface area (Å²) in [5.74, 6) is 0.739. The van der Waals surface area contributed by atoms with Crippen molar-refractivity contribution in [2.75, 3.05) is 19.8 Å². The Balaban J connectivity index is 1.84. The van der Waals surface area contributed by atoms with Crippen LogP contribution in [0.5, 0.6) is 11.5 Å². The molecule has 0 radical (unpaired) electrons. The van der Waals surface area contributed by atoms with E-state index in [-0.39, 0.29) is 12.2 Å². The molecule has 1 aliphatic rings. The maximum absolute atomic E-state index is 13.6. The minimum Gasteiger partial charge on any atom is -0.490 e. The number of benzene rings is 1. The standard InChI is InChI=1S/C26H26N2O5S2/c1-5-12-33-18-11-10-17(14-19(18)31-6-2)15-21-24(29)28-23(20-9-8-13-34-20)22(25(30)32-7-3)16(4)27-26(28)35-21/h5,8-11,13-15,23H,1,6-7,12H2,2-4H3/b21-15-/t23-/m0/s1. The number of fused-ring (bicyclic) bond motifs is 1. The molecule has 4 rings (SSSR count). The molecule has 0 bridgehead atoms. The number of rotatable bonds is 9. The smallest absolute Gasteiger partial charge is 0.338 e. The molecule has 0 amide bonds. The number of esters is 1. The summed E-state index contributed by atoms with van der Waals surface area (Å²) in [6.45, 7) is 10.2. The van der Waals surface area contributed by atoms with Gasteiger partial charge in [-0.15, -0.1) is 11.3 Å². The van der Waals surface area contributed by atoms with E-state index in [0.717, 1.165) is 10.4 Å². The number of allylic oxidation sites excluding steroid dienone is 1. The molecule has 1 atom stereocenters. The van der Waals surface area contributed by atoms with E-state index in [2.05, 4.69) is 11.6 Å². The molecule has 1 aliphatic heterocycles. The van der Waals surface area contributed by atoms with Crippen molar-refractivity contribution in [1.82, 2.24) is 4.57 Å². The van der Waals surface area contributed by atoms with Crippen LogP contribution in [0, 0.1) is 0 Å². The van der Waals surface area contributed by atoms with Gasteiger partial charge in [0, 0.05) is 4.88 Å². The Kier molecular flexibility index (Phi) is 7.67. The topological polar surface area (TPSA) is 79.1 Å². The van der Waals surface area contributed by atoms with Gasteiger partial charge in [-0.25, -0.2) is 9.79 Å². The summed E-state index contributed by atoms with van der Waals surface area (Å²) in [4.78, 5) is 32.5. The van der Waals surface area contributed by atoms with Gasteiger partial charge in [0.05, 0.1) is 29.0 Å². The van der Waals surface area contributed by atoms with Crippen LogP contribution in [-0.2, 0) is 9.53 Å². The third-order valence-corrected chi connectivity index (χ3v) is 7.16. The number of hydrogen-bond acceptors (Lipinski definition) is 8. The third-order valence-electron chi connectivity index (χ3n) is 5.25. The molecule has 35 heavy (non-hydrogen) atoms. The number of thiophene rings is 1. The maximum atomic E-state index is 13.6. The highest BCUT2D eigenvalue weighted by Crippen LogP contribution is 2.33. The molecule has 2 aromatic heterocycles. The zero-order valence-corrected chi connectivity index (χ0v) is 21.4. The van der Waals surface area contributed by atoms with Crippen LogP contribution in [-0.4, -0.2) is 30.4 Å². The van der Waals surface area contributed by atoms with Crippen molar-refractivity contribution < 1.29 is 19.0 Å². The molecule has 1 aromatic carbocycles. The normalized spacial score (nSPS) is 15.4. The van der Waals surface area contributed by atoms with Crippen molar-refractivity contribution in [3.8, 4) is 11.5 Å². The molecule has 182 valence electrons. The summed E-state index contributed by atoms with van der Waals surface area (Å²) in [7, 11) is 0. The Hall–Kier alpha value is -3.43. The summed E-state index contributed by atoms with van der Waals surface area (Å²) in [5, 5.41) is 1.93. The van der Waals surface area contributed by atoms with Gasteiger partial charge < -0.3 is 14.2 Å². The molecule has 3 heterocycles. The summed E-state index contributed by atoms with van der Waals surface area (Å²) < 4.78 is 18.8. The highest BCUT2D eigenvalue weighted by atomic mass is 32.1. The Labute approximate surface area is 210 Å². The van der Waals surface area contributed by atoms with Crippen LogP contribution < -0.4 is 24.4 Å². The van der Waals surface area contributed by atoms with Gasteiger partial charge in [-0.3, -0.25) is 9.36 Å². The molecule has 0 fully saturated rings. The fourth-order valence-electron chi connectivity index (χ4n) is 3.81. The van der Waals surface area contributed by atoms with Crippen LogP contribution in [0.15, 0.2) is 69.4 Å². The van der Waals surface area contributed by atoms with Crippen molar-refractivity contribution in [1.29, 1.82) is 0 Å². The molecule has 9 heteroatoms. The van der Waals surface area contributed by atoms with Gasteiger partial charge in [-0.2, -0.15) is 0 Å². The zero-order chi connectivity index (χ0) is 24.9. The second-order valence-electron chi connectivity index (χ2n) is 7.56. The van der Waals surface area contributed by atoms with Gasteiger partial charge in [0.25, 0.3) is 5.56 Å². The van der Waals surface area contributed by atoms with Gasteiger partial charge in [0.15, 0.2) is 16.3 Å². The van der Waals surface area contributed by atoms with Crippen molar-refractivity contribution in [2.45, 2.75) is 26.8 Å². The number of ether oxygens (including phenoxy) is 3. The maximum Gasteiger partial charge on any atom is 0.338 e. The van der Waals surface area contributed by atoms with Crippen LogP contribution in [0.4, 0.5) is 0 Å². The van der Waals surface area contributed by atoms with Crippen LogP contribution in [0.1, 0.15) is 37.3 Å². The summed E-state index contributed by atoms with van der Waals surface area (Å²) >= 11 is 2.77. The van der Waals surface area contributed by atoms with E-state index >= 15 is 0 Å². The molecular weight excluding hydrogens is 484 g/mol. The van der Waals surface area contributed by atoms with Crippen molar-refractivity contribution in [2.24, 2.45) is 4.99 Å². The first-order chi connectivity index (χ1) is 17.0. The van der Waals surface area contributed by atoms with Crippen LogP contribution in [0.3, 0.4) is 0 Å². The van der Waals surface area contributed by atoms with Crippen LogP contribution >= 0.6 is 22.7 Å². The molecule has 0 saturated carbocycles. The quantitative estimate of drug-likeness (QED) is 0.323. The lowest BCUT2D eigenvalue weighted by atomic mass is 10.0. The molecule has 3 aromatic rings. The fourth-order valence-corrected chi connectivity index (χ4v) is 5.68. The van der Waals surface area contributed by atoms with Crippen LogP contribution in [0.25, 0.3) is 6.08 Å². The Bertz CT molecular complexity index is 1450. The van der Waals surface area contributed by atoms with E-state index in [9.17, 15) is 9.59 Å². The Morgan fingerprint density at radius 2 is 2.03 bits per heavy atom. The number of carbonyl (C=O) groups is 1. The predicted octanol–water partition coefficient (Wildman–Crippen LogP) is 3.82. The number of nitrogens with zero attached hydrogens (tertiary/aromatic N) is 2. The lowest BCUT2D eigenvalue weighted by Crippen LogP contribution is -2.39. The van der Waals surface area contributed by atoms with Gasteiger partial charge in [-0.05, 0) is 56.0 Å². The van der Waals surface area contributed by atoms with Gasteiger partial charge in [-0.1, -0.05) is 36.1 Å². The summed E-state index contributed by atoms with van der Waals surface area (Å²) in [6.07, 6.45) is 3.47. The Morgan fingerprint density at radius 1 is 1.20 bits per heavy atom. The lowest BCUT2D eigenvalue weighted by molar-refractivity contribution is -0.139. The average Bonchev–Trinajstić information content (AvgIpc) is 3.47. The monoisotopic (exact) mass is 510 g/mol. The van der Waals surface area contributed by atoms with E-state index in [0.29, 0.717) is 45.3 Å². The molecule has 0 N–H and O–H groups in total. The Morgan fingerprint density at radius 3 is 2.71 bits per heavy atom. The summed E-state index contributed by atoms with van der Waals surface area (Å²) in [6, 6.07) is 8.76. The van der Waals surface area contributed by atoms with Gasteiger partial charge in [0.2, 0.25) is 0 Å². The second kappa shape index (κ2) is 10.9. The SMILES string of the molecule is C=CCOc1ccc(/C=c2\sc3n(c2=O)[C@@H](c2cccs2)C(C(=O)OCC)=C(C)N=3)cc1OCC. The molecule has 0 saturated heterocycles. The van der Waals surface area contributed by atoms with Crippen molar-refractivity contribution in [3.05, 3.63) is 89.8 Å². The second-order valence-corrected chi connectivity index (χ2v) is 9.54. The third kappa shape index (κ3) is 5.01. The summed E-state index contributed by atoms with van der Waals surface area (Å²) in [5.41, 5.74) is 1.51. The number of hydrogen-bond donors (Lipinski definition) is 0. The minimum atomic E-state index is -0.582. The van der Waals surface area contributed by atoms with Crippen molar-refractivity contribution in [3.63, 3.8) is 0 Å². The van der Waals surface area contributed by atoms with E-state index < -0.39 is 12.0 Å². The number of carbonyl (C=O) groups excluding carboxylic acids is 1. The largest absolute Gasteiger partial charge is 0.490 e. The minimum absolute atomic E-state index is 0.216. The first kappa shape index (κ1) is 24.7. The highest BCUT2D eigenvalue weighted by Gasteiger charge is 2.33. The fraction of sp³-hybridized carbons (Fsp3) is 0.269. The van der Waals surface area contributed by atoms with Crippen molar-refractivity contribution >= 4 is 34.7 Å². The number of thiazole rings is 1. The number of aromatic nitrogens is 1. The molecule has 0 spiro atoms. The van der Waals surface area contributed by atoms with Gasteiger partial charge >= 0.3 is 5.97 Å². The molecule has 0 unspecified atom stereocenters. The van der Waals surface area contributed by atoms with Crippen LogP contribution in [0.2, 0.25) is 0 Å². The van der Waals surface area contributed by atoms with Gasteiger partial charge in [0.1, 0.15) is 12.6 Å². The predicted molar refractivity (Wildman–Crippen MR) is 138 cm³/mol. The molecular formula is C26H26N2O5S2. The first-order valence-corrected chi connectivity index (χ1v) is 12.9. The molecule has 0 aliphatic carbocycles. The van der Waals surface area contributed by atoms with E-state index in [1.165, 1.54) is 22.7 Å². The van der Waals surface area contributed by atoms with E-state index in [1.807, 2.05) is 42.6 Å². The lowest BCUT2D eigenvalue weighted by Gasteiger charge is -2.23. The van der Waals surface area contributed by atoms with E-state index in [1.54, 1.807) is 30.6 Å². The average molecular weight is 511 g/mol.